The predicted octanol–water partition coefficient (Wildman–Crippen LogP) is 2.59. The fraction of sp³-hybridized carbons (Fsp3) is 0.412. The molecule has 2 N–H and O–H groups in total. The van der Waals surface area contributed by atoms with Crippen LogP contribution in [0.5, 0.6) is 5.75 Å². The SMILES string of the molecule is CCC(N)Cc1cc(C)nc(C2COc3ccccc32)n1. The van der Waals surface area contributed by atoms with E-state index < -0.39 is 0 Å². The van der Waals surface area contributed by atoms with Crippen LogP contribution in [0.4, 0.5) is 0 Å². The van der Waals surface area contributed by atoms with Crippen molar-refractivity contribution < 1.29 is 4.74 Å². The Hall–Kier alpha value is -1.94. The van der Waals surface area contributed by atoms with E-state index in [4.69, 9.17) is 15.5 Å². The van der Waals surface area contributed by atoms with E-state index in [1.165, 1.54) is 5.56 Å². The molecule has 21 heavy (non-hydrogen) atoms. The van der Waals surface area contributed by atoms with Crippen LogP contribution in [0.25, 0.3) is 0 Å². The fourth-order valence-corrected chi connectivity index (χ4v) is 2.71. The van der Waals surface area contributed by atoms with E-state index in [1.807, 2.05) is 31.2 Å². The van der Waals surface area contributed by atoms with Crippen molar-refractivity contribution in [2.45, 2.75) is 38.6 Å². The lowest BCUT2D eigenvalue weighted by Gasteiger charge is -2.13. The van der Waals surface area contributed by atoms with Crippen LogP contribution in [-0.2, 0) is 6.42 Å². The number of nitrogens with zero attached hydrogens (tertiary/aromatic N) is 2. The van der Waals surface area contributed by atoms with Crippen LogP contribution in [-0.4, -0.2) is 22.6 Å². The van der Waals surface area contributed by atoms with Crippen molar-refractivity contribution in [2.75, 3.05) is 6.61 Å². The maximum Gasteiger partial charge on any atom is 0.139 e. The van der Waals surface area contributed by atoms with Gasteiger partial charge in [-0.3, -0.25) is 0 Å². The molecular formula is C17H21N3O. The van der Waals surface area contributed by atoms with Gasteiger partial charge in [0.2, 0.25) is 0 Å². The number of hydrogen-bond acceptors (Lipinski definition) is 4. The van der Waals surface area contributed by atoms with Gasteiger partial charge in [-0.25, -0.2) is 9.97 Å². The Labute approximate surface area is 125 Å². The van der Waals surface area contributed by atoms with Crippen LogP contribution in [0.2, 0.25) is 0 Å². The number of aromatic nitrogens is 2. The quantitative estimate of drug-likeness (QED) is 0.937. The van der Waals surface area contributed by atoms with Crippen molar-refractivity contribution in [2.24, 2.45) is 5.73 Å². The first kappa shape index (κ1) is 14.0. The van der Waals surface area contributed by atoms with Gasteiger partial charge < -0.3 is 10.5 Å². The minimum absolute atomic E-state index is 0.123. The lowest BCUT2D eigenvalue weighted by Crippen LogP contribution is -2.23. The Morgan fingerprint density at radius 3 is 2.95 bits per heavy atom. The van der Waals surface area contributed by atoms with E-state index in [1.54, 1.807) is 0 Å². The molecule has 0 spiro atoms. The molecule has 0 bridgehead atoms. The summed E-state index contributed by atoms with van der Waals surface area (Å²) in [6.45, 7) is 4.72. The highest BCUT2D eigenvalue weighted by Crippen LogP contribution is 2.36. The molecule has 4 heteroatoms. The smallest absolute Gasteiger partial charge is 0.139 e. The molecule has 0 amide bonds. The Bertz CT molecular complexity index is 642. The molecule has 0 saturated carbocycles. The summed E-state index contributed by atoms with van der Waals surface area (Å²) in [4.78, 5) is 9.35. The highest BCUT2D eigenvalue weighted by molar-refractivity contribution is 5.43. The van der Waals surface area contributed by atoms with Gasteiger partial charge in [0.15, 0.2) is 0 Å². The van der Waals surface area contributed by atoms with Crippen molar-refractivity contribution in [3.63, 3.8) is 0 Å². The summed E-state index contributed by atoms with van der Waals surface area (Å²) in [5.41, 5.74) is 9.24. The molecule has 2 aromatic rings. The van der Waals surface area contributed by atoms with Crippen LogP contribution < -0.4 is 10.5 Å². The third-order valence-corrected chi connectivity index (χ3v) is 3.93. The first-order chi connectivity index (χ1) is 10.2. The second-order valence-electron chi connectivity index (χ2n) is 5.63. The van der Waals surface area contributed by atoms with Crippen molar-refractivity contribution >= 4 is 0 Å². The van der Waals surface area contributed by atoms with E-state index in [0.29, 0.717) is 6.61 Å². The molecule has 1 aliphatic rings. The monoisotopic (exact) mass is 283 g/mol. The normalized spacial score (nSPS) is 18.1. The van der Waals surface area contributed by atoms with Crippen molar-refractivity contribution in [1.29, 1.82) is 0 Å². The van der Waals surface area contributed by atoms with Gasteiger partial charge >= 0.3 is 0 Å². The number of para-hydroxylation sites is 1. The summed E-state index contributed by atoms with van der Waals surface area (Å²) in [5, 5.41) is 0. The fourth-order valence-electron chi connectivity index (χ4n) is 2.71. The Morgan fingerprint density at radius 1 is 1.33 bits per heavy atom. The minimum atomic E-state index is 0.123. The summed E-state index contributed by atoms with van der Waals surface area (Å²) in [5.74, 6) is 1.91. The zero-order chi connectivity index (χ0) is 14.8. The van der Waals surface area contributed by atoms with Crippen LogP contribution in [0.15, 0.2) is 30.3 Å². The van der Waals surface area contributed by atoms with E-state index in [0.717, 1.165) is 35.8 Å². The zero-order valence-corrected chi connectivity index (χ0v) is 12.5. The number of fused-ring (bicyclic) bond motifs is 1. The van der Waals surface area contributed by atoms with E-state index in [2.05, 4.69) is 18.0 Å². The molecule has 0 saturated heterocycles. The number of ether oxygens (including phenoxy) is 1. The van der Waals surface area contributed by atoms with Gasteiger partial charge in [0.25, 0.3) is 0 Å². The number of hydrogen-bond donors (Lipinski definition) is 1. The number of rotatable bonds is 4. The zero-order valence-electron chi connectivity index (χ0n) is 12.5. The molecule has 1 aromatic heterocycles. The molecule has 2 unspecified atom stereocenters. The van der Waals surface area contributed by atoms with Crippen molar-refractivity contribution in [1.82, 2.24) is 9.97 Å². The average molecular weight is 283 g/mol. The molecule has 110 valence electrons. The Kier molecular flexibility index (Phi) is 3.88. The van der Waals surface area contributed by atoms with Gasteiger partial charge in [-0.15, -0.1) is 0 Å². The van der Waals surface area contributed by atoms with Gasteiger partial charge in [-0.1, -0.05) is 25.1 Å². The molecule has 0 fully saturated rings. The van der Waals surface area contributed by atoms with Gasteiger partial charge in [-0.2, -0.15) is 0 Å². The first-order valence-electron chi connectivity index (χ1n) is 7.49. The standard InChI is InChI=1S/C17H21N3O/c1-3-12(18)9-13-8-11(2)19-17(20-13)15-10-21-16-7-5-4-6-14(15)16/h4-8,12,15H,3,9-10,18H2,1-2H3. The largest absolute Gasteiger partial charge is 0.492 e. The molecule has 1 aromatic carbocycles. The molecule has 2 heterocycles. The predicted molar refractivity (Wildman–Crippen MR) is 82.5 cm³/mol. The second kappa shape index (κ2) is 5.82. The van der Waals surface area contributed by atoms with E-state index in [-0.39, 0.29) is 12.0 Å². The summed E-state index contributed by atoms with van der Waals surface area (Å²) in [7, 11) is 0. The number of aryl methyl sites for hydroxylation is 1. The lowest BCUT2D eigenvalue weighted by molar-refractivity contribution is 0.339. The topological polar surface area (TPSA) is 61.0 Å². The van der Waals surface area contributed by atoms with Crippen LogP contribution in [0.1, 0.15) is 42.0 Å². The third kappa shape index (κ3) is 2.90. The summed E-state index contributed by atoms with van der Waals surface area (Å²) < 4.78 is 5.74. The maximum atomic E-state index is 6.05. The van der Waals surface area contributed by atoms with E-state index >= 15 is 0 Å². The maximum absolute atomic E-state index is 6.05. The Balaban J connectivity index is 1.93. The second-order valence-corrected chi connectivity index (χ2v) is 5.63. The summed E-state index contributed by atoms with van der Waals surface area (Å²) in [6.07, 6.45) is 1.75. The molecule has 2 atom stereocenters. The van der Waals surface area contributed by atoms with Gasteiger partial charge in [0.1, 0.15) is 18.2 Å². The van der Waals surface area contributed by atoms with Crippen LogP contribution in [0, 0.1) is 6.92 Å². The molecule has 3 rings (SSSR count). The molecule has 0 radical (unpaired) electrons. The Morgan fingerprint density at radius 2 is 2.14 bits per heavy atom. The average Bonchev–Trinajstić information content (AvgIpc) is 2.90. The van der Waals surface area contributed by atoms with Gasteiger partial charge in [0, 0.05) is 29.4 Å². The van der Waals surface area contributed by atoms with Gasteiger partial charge in [-0.05, 0) is 25.5 Å². The molecule has 4 nitrogen and oxygen atoms in total. The lowest BCUT2D eigenvalue weighted by atomic mass is 10.00. The van der Waals surface area contributed by atoms with Crippen molar-refractivity contribution in [3.05, 3.63) is 53.1 Å². The molecule has 1 aliphatic heterocycles. The van der Waals surface area contributed by atoms with E-state index in [9.17, 15) is 0 Å². The first-order valence-corrected chi connectivity index (χ1v) is 7.49. The number of benzene rings is 1. The summed E-state index contributed by atoms with van der Waals surface area (Å²) in [6, 6.07) is 10.3. The van der Waals surface area contributed by atoms with Crippen molar-refractivity contribution in [3.8, 4) is 5.75 Å². The minimum Gasteiger partial charge on any atom is -0.492 e. The van der Waals surface area contributed by atoms with Crippen LogP contribution in [0.3, 0.4) is 0 Å². The molecular weight excluding hydrogens is 262 g/mol. The highest BCUT2D eigenvalue weighted by Gasteiger charge is 2.28. The van der Waals surface area contributed by atoms with Gasteiger partial charge in [0.05, 0.1) is 5.92 Å². The molecule has 0 aliphatic carbocycles. The summed E-state index contributed by atoms with van der Waals surface area (Å²) >= 11 is 0. The third-order valence-electron chi connectivity index (χ3n) is 3.93. The highest BCUT2D eigenvalue weighted by atomic mass is 16.5. The van der Waals surface area contributed by atoms with Crippen LogP contribution >= 0.6 is 0 Å². The number of nitrogens with two attached hydrogens (primary N) is 1.